The van der Waals surface area contributed by atoms with E-state index in [1.165, 1.54) is 6.26 Å². The maximum Gasteiger partial charge on any atom is 0.411 e. The first-order chi connectivity index (χ1) is 15.5. The van der Waals surface area contributed by atoms with E-state index >= 15 is 0 Å². The van der Waals surface area contributed by atoms with Gasteiger partial charge in [-0.15, -0.1) is 0 Å². The van der Waals surface area contributed by atoms with Gasteiger partial charge in [0.25, 0.3) is 5.91 Å². The summed E-state index contributed by atoms with van der Waals surface area (Å²) in [5, 5.41) is 2.73. The van der Waals surface area contributed by atoms with E-state index in [-0.39, 0.29) is 17.7 Å². The van der Waals surface area contributed by atoms with Crippen molar-refractivity contribution in [2.24, 2.45) is 5.92 Å². The maximum absolute atomic E-state index is 13.1. The fourth-order valence-electron chi connectivity index (χ4n) is 3.86. The summed E-state index contributed by atoms with van der Waals surface area (Å²) < 4.78 is 28.5. The lowest BCUT2D eigenvalue weighted by Gasteiger charge is -2.32. The van der Waals surface area contributed by atoms with Crippen LogP contribution >= 0.6 is 0 Å². The highest BCUT2D eigenvalue weighted by Crippen LogP contribution is 2.30. The Morgan fingerprint density at radius 2 is 1.73 bits per heavy atom. The molecule has 1 aliphatic rings. The highest BCUT2D eigenvalue weighted by atomic mass is 32.2. The minimum Gasteiger partial charge on any atom is -0.449 e. The number of nitrogens with zero attached hydrogens (tertiary/aromatic N) is 1. The van der Waals surface area contributed by atoms with Gasteiger partial charge in [-0.25, -0.2) is 13.2 Å². The molecule has 0 aromatic heterocycles. The first-order valence-electron chi connectivity index (χ1n) is 11.2. The number of benzene rings is 2. The Morgan fingerprint density at radius 3 is 2.30 bits per heavy atom. The Morgan fingerprint density at radius 1 is 1.09 bits per heavy atom. The molecule has 1 heterocycles. The van der Waals surface area contributed by atoms with Crippen LogP contribution in [0, 0.1) is 12.8 Å². The van der Waals surface area contributed by atoms with Crippen LogP contribution in [0.25, 0.3) is 0 Å². The van der Waals surface area contributed by atoms with Gasteiger partial charge >= 0.3 is 6.09 Å². The van der Waals surface area contributed by atoms with Gasteiger partial charge in [-0.05, 0) is 67.0 Å². The zero-order chi connectivity index (χ0) is 24.2. The third-order valence-electron chi connectivity index (χ3n) is 5.83. The largest absolute Gasteiger partial charge is 0.449 e. The number of amides is 2. The Hall–Kier alpha value is -2.87. The zero-order valence-corrected chi connectivity index (χ0v) is 20.4. The molecule has 1 fully saturated rings. The summed E-state index contributed by atoms with van der Waals surface area (Å²) in [7, 11) is -3.21. The molecular weight excluding hydrogens is 440 g/mol. The Labute approximate surface area is 196 Å². The highest BCUT2D eigenvalue weighted by molar-refractivity contribution is 7.90. The molecule has 0 bridgehead atoms. The van der Waals surface area contributed by atoms with E-state index in [2.05, 4.69) is 5.32 Å². The summed E-state index contributed by atoms with van der Waals surface area (Å²) in [5.74, 6) is 0.457. The van der Waals surface area contributed by atoms with Crippen LogP contribution in [0.1, 0.15) is 54.1 Å². The van der Waals surface area contributed by atoms with E-state index in [0.29, 0.717) is 35.8 Å². The van der Waals surface area contributed by atoms with E-state index in [9.17, 15) is 18.0 Å². The van der Waals surface area contributed by atoms with Gasteiger partial charge in [0.15, 0.2) is 9.84 Å². The first kappa shape index (κ1) is 24.8. The van der Waals surface area contributed by atoms with Crippen LogP contribution in [-0.4, -0.2) is 51.3 Å². The molecule has 0 spiro atoms. The molecule has 0 radical (unpaired) electrons. The van der Waals surface area contributed by atoms with Gasteiger partial charge in [0.1, 0.15) is 0 Å². The minimum absolute atomic E-state index is 0.0699. The molecule has 1 aliphatic heterocycles. The molecule has 0 aliphatic carbocycles. The van der Waals surface area contributed by atoms with Gasteiger partial charge < -0.3 is 9.64 Å². The van der Waals surface area contributed by atoms with Gasteiger partial charge in [0.2, 0.25) is 0 Å². The molecule has 0 unspecified atom stereocenters. The van der Waals surface area contributed by atoms with Crippen LogP contribution in [0.15, 0.2) is 47.4 Å². The van der Waals surface area contributed by atoms with Crippen LogP contribution < -0.4 is 5.32 Å². The summed E-state index contributed by atoms with van der Waals surface area (Å²) in [6, 6.07) is 12.3. The lowest BCUT2D eigenvalue weighted by Crippen LogP contribution is -2.38. The number of piperidine rings is 1. The lowest BCUT2D eigenvalue weighted by atomic mass is 9.89. The van der Waals surface area contributed by atoms with Gasteiger partial charge in [0, 0.05) is 30.6 Å². The molecule has 7 nitrogen and oxygen atoms in total. The lowest BCUT2D eigenvalue weighted by molar-refractivity contribution is 0.0713. The van der Waals surface area contributed by atoms with Crippen molar-refractivity contribution in [2.75, 3.05) is 31.3 Å². The predicted molar refractivity (Wildman–Crippen MR) is 128 cm³/mol. The van der Waals surface area contributed by atoms with Crippen molar-refractivity contribution < 1.29 is 22.7 Å². The van der Waals surface area contributed by atoms with Crippen molar-refractivity contribution in [3.05, 3.63) is 59.2 Å². The second kappa shape index (κ2) is 10.4. The molecule has 178 valence electrons. The van der Waals surface area contributed by atoms with Crippen LogP contribution in [0.5, 0.6) is 0 Å². The average molecular weight is 473 g/mol. The molecule has 2 aromatic rings. The summed E-state index contributed by atoms with van der Waals surface area (Å²) in [6.07, 6.45) is 2.29. The van der Waals surface area contributed by atoms with Crippen molar-refractivity contribution in [1.29, 1.82) is 0 Å². The van der Waals surface area contributed by atoms with Gasteiger partial charge in [-0.1, -0.05) is 32.0 Å². The monoisotopic (exact) mass is 472 g/mol. The second-order valence-corrected chi connectivity index (χ2v) is 11.1. The van der Waals surface area contributed by atoms with Crippen molar-refractivity contribution in [3.8, 4) is 0 Å². The number of likely N-dealkylation sites (tertiary alicyclic amines) is 1. The zero-order valence-electron chi connectivity index (χ0n) is 19.6. The summed E-state index contributed by atoms with van der Waals surface area (Å²) in [5.41, 5.74) is 3.03. The van der Waals surface area contributed by atoms with Crippen molar-refractivity contribution in [2.45, 2.75) is 44.4 Å². The molecule has 1 saturated heterocycles. The van der Waals surface area contributed by atoms with E-state index in [1.807, 2.05) is 43.9 Å². The molecule has 33 heavy (non-hydrogen) atoms. The number of sulfone groups is 1. The number of hydrogen-bond acceptors (Lipinski definition) is 5. The van der Waals surface area contributed by atoms with Gasteiger partial charge in [0.05, 0.1) is 11.5 Å². The third kappa shape index (κ3) is 6.57. The molecule has 0 saturated carbocycles. The fourth-order valence-corrected chi connectivity index (χ4v) is 4.49. The van der Waals surface area contributed by atoms with Gasteiger partial charge in [-0.3, -0.25) is 10.1 Å². The second-order valence-electron chi connectivity index (χ2n) is 9.05. The third-order valence-corrected chi connectivity index (χ3v) is 6.96. The number of aryl methyl sites for hydroxylation is 1. The topological polar surface area (TPSA) is 92.8 Å². The molecule has 8 heteroatoms. The quantitative estimate of drug-likeness (QED) is 0.662. The number of carbonyl (C=O) groups is 2. The van der Waals surface area contributed by atoms with Gasteiger partial charge in [-0.2, -0.15) is 0 Å². The van der Waals surface area contributed by atoms with Crippen LogP contribution in [0.4, 0.5) is 10.5 Å². The Bertz CT molecular complexity index is 1100. The van der Waals surface area contributed by atoms with E-state index in [4.69, 9.17) is 4.74 Å². The van der Waals surface area contributed by atoms with Crippen molar-refractivity contribution in [1.82, 2.24) is 4.90 Å². The average Bonchev–Trinajstić information content (AvgIpc) is 2.78. The van der Waals surface area contributed by atoms with Crippen molar-refractivity contribution in [3.63, 3.8) is 0 Å². The SMILES string of the molecule is Cc1ccc(C(=O)N2CCC(c3ccc(S(C)(=O)=O)cc3)CC2)cc1NC(=O)OCC(C)C. The first-order valence-corrected chi connectivity index (χ1v) is 13.1. The number of anilines is 1. The Kier molecular flexibility index (Phi) is 7.79. The van der Waals surface area contributed by atoms with Crippen LogP contribution in [-0.2, 0) is 14.6 Å². The number of hydrogen-bond donors (Lipinski definition) is 1. The number of carbonyl (C=O) groups excluding carboxylic acids is 2. The summed E-state index contributed by atoms with van der Waals surface area (Å²) in [4.78, 5) is 27.3. The minimum atomic E-state index is -3.21. The summed E-state index contributed by atoms with van der Waals surface area (Å²) >= 11 is 0. The van der Waals surface area contributed by atoms with Crippen LogP contribution in [0.2, 0.25) is 0 Å². The number of ether oxygens (including phenoxy) is 1. The highest BCUT2D eigenvalue weighted by Gasteiger charge is 2.25. The smallest absolute Gasteiger partial charge is 0.411 e. The van der Waals surface area contributed by atoms with E-state index < -0.39 is 15.9 Å². The Balaban J connectivity index is 1.62. The van der Waals surface area contributed by atoms with Crippen molar-refractivity contribution >= 4 is 27.5 Å². The molecule has 1 N–H and O–H groups in total. The maximum atomic E-state index is 13.1. The standard InChI is InChI=1S/C25H32N2O5S/c1-17(2)16-32-25(29)26-23-15-21(6-5-18(23)3)24(28)27-13-11-20(12-14-27)19-7-9-22(10-8-19)33(4,30)31/h5-10,15,17,20H,11-14,16H2,1-4H3,(H,26,29). The molecule has 3 rings (SSSR count). The van der Waals surface area contributed by atoms with Crippen LogP contribution in [0.3, 0.4) is 0 Å². The molecule has 2 aromatic carbocycles. The van der Waals surface area contributed by atoms with E-state index in [1.54, 1.807) is 24.3 Å². The molecular formula is C25H32N2O5S. The fraction of sp³-hybridized carbons (Fsp3) is 0.440. The number of rotatable bonds is 6. The number of nitrogens with one attached hydrogen (secondary N) is 1. The normalized spacial score (nSPS) is 14.9. The van der Waals surface area contributed by atoms with E-state index in [0.717, 1.165) is 24.0 Å². The summed E-state index contributed by atoms with van der Waals surface area (Å²) in [6.45, 7) is 7.36. The predicted octanol–water partition coefficient (Wildman–Crippen LogP) is 4.62. The molecule has 0 atom stereocenters. The molecule has 2 amide bonds.